The van der Waals surface area contributed by atoms with Gasteiger partial charge in [-0.1, -0.05) is 17.7 Å². The third kappa shape index (κ3) is 1.19. The van der Waals surface area contributed by atoms with E-state index in [-0.39, 0.29) is 6.04 Å². The molecular formula is C8H6ClF2N. The van der Waals surface area contributed by atoms with Gasteiger partial charge in [0.25, 0.3) is 0 Å². The maximum absolute atomic E-state index is 13.1. The zero-order valence-corrected chi connectivity index (χ0v) is 6.83. The van der Waals surface area contributed by atoms with Crippen molar-refractivity contribution < 1.29 is 8.78 Å². The summed E-state index contributed by atoms with van der Waals surface area (Å²) in [5, 5.41) is 2.50. The van der Waals surface area contributed by atoms with E-state index in [9.17, 15) is 8.78 Å². The van der Waals surface area contributed by atoms with Crippen molar-refractivity contribution in [2.24, 2.45) is 0 Å². The first-order valence-corrected chi connectivity index (χ1v) is 3.94. The van der Waals surface area contributed by atoms with E-state index in [0.717, 1.165) is 6.54 Å². The number of rotatable bonds is 1. The number of halogens is 3. The van der Waals surface area contributed by atoms with Crippen LogP contribution in [0.5, 0.6) is 0 Å². The van der Waals surface area contributed by atoms with Crippen LogP contribution in [0, 0.1) is 11.6 Å². The number of hydrogen-bond acceptors (Lipinski definition) is 1. The van der Waals surface area contributed by atoms with Crippen LogP contribution in [0.2, 0.25) is 5.02 Å². The van der Waals surface area contributed by atoms with Crippen molar-refractivity contribution in [2.75, 3.05) is 6.54 Å². The molecule has 1 nitrogen and oxygen atoms in total. The van der Waals surface area contributed by atoms with Gasteiger partial charge in [0.15, 0.2) is 0 Å². The Morgan fingerprint density at radius 3 is 2.67 bits per heavy atom. The molecule has 0 aromatic heterocycles. The SMILES string of the molecule is Fc1ccc([C@H]2CN2)c(F)c1Cl. The maximum atomic E-state index is 13.1. The lowest BCUT2D eigenvalue weighted by Gasteiger charge is -2.01. The van der Waals surface area contributed by atoms with Gasteiger partial charge in [0.05, 0.1) is 0 Å². The van der Waals surface area contributed by atoms with Crippen molar-refractivity contribution in [3.8, 4) is 0 Å². The molecule has 0 radical (unpaired) electrons. The third-order valence-electron chi connectivity index (χ3n) is 1.85. The lowest BCUT2D eigenvalue weighted by molar-refractivity contribution is 0.573. The van der Waals surface area contributed by atoms with Crippen molar-refractivity contribution in [3.05, 3.63) is 34.4 Å². The second kappa shape index (κ2) is 2.68. The number of hydrogen-bond donors (Lipinski definition) is 1. The molecule has 0 aliphatic carbocycles. The summed E-state index contributed by atoms with van der Waals surface area (Å²) < 4.78 is 25.8. The summed E-state index contributed by atoms with van der Waals surface area (Å²) in [5.74, 6) is -1.36. The van der Waals surface area contributed by atoms with Crippen LogP contribution in [0.25, 0.3) is 0 Å². The fraction of sp³-hybridized carbons (Fsp3) is 0.250. The Hall–Kier alpha value is -0.670. The van der Waals surface area contributed by atoms with Gasteiger partial charge in [0.1, 0.15) is 16.7 Å². The van der Waals surface area contributed by atoms with Crippen molar-refractivity contribution in [2.45, 2.75) is 6.04 Å². The first-order valence-electron chi connectivity index (χ1n) is 3.57. The van der Waals surface area contributed by atoms with Crippen LogP contribution in [-0.2, 0) is 0 Å². The summed E-state index contributed by atoms with van der Waals surface area (Å²) in [6, 6.07) is 2.62. The Balaban J connectivity index is 2.49. The zero-order valence-electron chi connectivity index (χ0n) is 6.07. The zero-order chi connectivity index (χ0) is 8.72. The third-order valence-corrected chi connectivity index (χ3v) is 2.20. The van der Waals surface area contributed by atoms with Crippen LogP contribution in [0.4, 0.5) is 8.78 Å². The predicted molar refractivity (Wildman–Crippen MR) is 42.1 cm³/mol. The molecule has 1 aliphatic rings. The monoisotopic (exact) mass is 189 g/mol. The van der Waals surface area contributed by atoms with Gasteiger partial charge in [0.2, 0.25) is 0 Å². The van der Waals surface area contributed by atoms with E-state index in [1.807, 2.05) is 0 Å². The van der Waals surface area contributed by atoms with Gasteiger partial charge in [-0.2, -0.15) is 0 Å². The van der Waals surface area contributed by atoms with Crippen molar-refractivity contribution in [3.63, 3.8) is 0 Å². The average Bonchev–Trinajstić information content (AvgIpc) is 2.84. The maximum Gasteiger partial charge on any atom is 0.149 e. The molecule has 4 heteroatoms. The molecule has 0 saturated carbocycles. The molecular weight excluding hydrogens is 184 g/mol. The van der Waals surface area contributed by atoms with E-state index >= 15 is 0 Å². The average molecular weight is 190 g/mol. The molecule has 1 atom stereocenters. The smallest absolute Gasteiger partial charge is 0.149 e. The summed E-state index contributed by atoms with van der Waals surface area (Å²) in [6.07, 6.45) is 0. The Morgan fingerprint density at radius 1 is 1.42 bits per heavy atom. The summed E-state index contributed by atoms with van der Waals surface area (Å²) >= 11 is 5.38. The molecule has 2 rings (SSSR count). The largest absolute Gasteiger partial charge is 0.307 e. The van der Waals surface area contributed by atoms with E-state index in [1.54, 1.807) is 0 Å². The molecule has 0 spiro atoms. The van der Waals surface area contributed by atoms with E-state index in [2.05, 4.69) is 5.32 Å². The summed E-state index contributed by atoms with van der Waals surface area (Å²) in [4.78, 5) is 0. The molecule has 1 heterocycles. The van der Waals surface area contributed by atoms with Crippen molar-refractivity contribution >= 4 is 11.6 Å². The van der Waals surface area contributed by atoms with Crippen LogP contribution >= 0.6 is 11.6 Å². The Kier molecular flexibility index (Phi) is 1.77. The highest BCUT2D eigenvalue weighted by Crippen LogP contribution is 2.29. The van der Waals surface area contributed by atoms with E-state index in [4.69, 9.17) is 11.6 Å². The van der Waals surface area contributed by atoms with Crippen LogP contribution in [0.3, 0.4) is 0 Å². The van der Waals surface area contributed by atoms with E-state index < -0.39 is 16.7 Å². The van der Waals surface area contributed by atoms with Gasteiger partial charge in [-0.05, 0) is 6.07 Å². The Bertz CT molecular complexity index is 323. The van der Waals surface area contributed by atoms with Crippen LogP contribution in [0.15, 0.2) is 12.1 Å². The standard InChI is InChI=1S/C8H6ClF2N/c9-7-5(10)2-1-4(8(7)11)6-3-12-6/h1-2,6,12H,3H2/t6-/m1/s1. The van der Waals surface area contributed by atoms with Gasteiger partial charge in [-0.25, -0.2) is 8.78 Å². The number of nitrogens with one attached hydrogen (secondary N) is 1. The Labute approximate surface area is 73.3 Å². The first-order chi connectivity index (χ1) is 5.70. The minimum atomic E-state index is -0.710. The van der Waals surface area contributed by atoms with Crippen LogP contribution < -0.4 is 5.32 Å². The quantitative estimate of drug-likeness (QED) is 0.531. The van der Waals surface area contributed by atoms with Crippen LogP contribution in [0.1, 0.15) is 11.6 Å². The lowest BCUT2D eigenvalue weighted by atomic mass is 10.1. The van der Waals surface area contributed by atoms with E-state index in [1.165, 1.54) is 12.1 Å². The van der Waals surface area contributed by atoms with Crippen molar-refractivity contribution in [1.82, 2.24) is 5.32 Å². The molecule has 64 valence electrons. The minimum absolute atomic E-state index is 0.0168. The molecule has 1 aromatic rings. The fourth-order valence-corrected chi connectivity index (χ4v) is 1.26. The minimum Gasteiger partial charge on any atom is -0.307 e. The van der Waals surface area contributed by atoms with Gasteiger partial charge >= 0.3 is 0 Å². The molecule has 0 bridgehead atoms. The fourth-order valence-electron chi connectivity index (χ4n) is 1.09. The second-order valence-corrected chi connectivity index (χ2v) is 3.10. The van der Waals surface area contributed by atoms with Gasteiger partial charge in [-0.15, -0.1) is 0 Å². The summed E-state index contributed by atoms with van der Waals surface area (Å²) in [7, 11) is 0. The molecule has 1 N–H and O–H groups in total. The molecule has 0 unspecified atom stereocenters. The van der Waals surface area contributed by atoms with Gasteiger partial charge in [0, 0.05) is 18.2 Å². The molecule has 1 saturated heterocycles. The molecule has 1 fully saturated rings. The van der Waals surface area contributed by atoms with E-state index in [0.29, 0.717) is 5.56 Å². The molecule has 12 heavy (non-hydrogen) atoms. The highest BCUT2D eigenvalue weighted by atomic mass is 35.5. The van der Waals surface area contributed by atoms with Crippen molar-refractivity contribution in [1.29, 1.82) is 0 Å². The lowest BCUT2D eigenvalue weighted by Crippen LogP contribution is -1.93. The summed E-state index contributed by atoms with van der Waals surface area (Å²) in [5.41, 5.74) is 0.446. The predicted octanol–water partition coefficient (Wildman–Crippen LogP) is 2.26. The normalized spacial score (nSPS) is 21.1. The molecule has 0 amide bonds. The van der Waals surface area contributed by atoms with Gasteiger partial charge < -0.3 is 5.32 Å². The molecule has 1 aromatic carbocycles. The Morgan fingerprint density at radius 2 is 2.08 bits per heavy atom. The van der Waals surface area contributed by atoms with Gasteiger partial charge in [-0.3, -0.25) is 0 Å². The molecule has 1 aliphatic heterocycles. The van der Waals surface area contributed by atoms with Crippen LogP contribution in [-0.4, -0.2) is 6.54 Å². The number of benzene rings is 1. The highest BCUT2D eigenvalue weighted by Gasteiger charge is 2.27. The summed E-state index contributed by atoms with van der Waals surface area (Å²) in [6.45, 7) is 0.735. The second-order valence-electron chi connectivity index (χ2n) is 2.73. The highest BCUT2D eigenvalue weighted by molar-refractivity contribution is 6.30. The topological polar surface area (TPSA) is 21.9 Å². The first kappa shape index (κ1) is 7.95.